The fourth-order valence-corrected chi connectivity index (χ4v) is 3.54. The number of carbonyl (C=O) groups excluding carboxylic acids is 3. The minimum Gasteiger partial charge on any atom is -0.484 e. The van der Waals surface area contributed by atoms with Gasteiger partial charge in [-0.1, -0.05) is 17.7 Å². The van der Waals surface area contributed by atoms with Crippen molar-refractivity contribution in [2.24, 2.45) is 0 Å². The summed E-state index contributed by atoms with van der Waals surface area (Å²) in [5, 5.41) is 6.10. The van der Waals surface area contributed by atoms with E-state index in [4.69, 9.17) is 16.3 Å². The predicted molar refractivity (Wildman–Crippen MR) is 115 cm³/mol. The van der Waals surface area contributed by atoms with Gasteiger partial charge in [-0.2, -0.15) is 0 Å². The standard InChI is InChI=1S/C22H24ClN3O4/c1-14-9-15(2)11-17(10-14)25-20(27)12-19-22(29)24-7-8-26(19)21(28)13-30-18-5-3-16(23)4-6-18/h3-6,9-11,19H,7-8,12-13H2,1-2H3,(H,24,29)(H,25,27)/t19-/m1/s1. The maximum atomic E-state index is 12.7. The van der Waals surface area contributed by atoms with Crippen molar-refractivity contribution in [2.45, 2.75) is 26.3 Å². The highest BCUT2D eigenvalue weighted by Gasteiger charge is 2.34. The number of amides is 3. The highest BCUT2D eigenvalue weighted by atomic mass is 35.5. The number of aryl methyl sites for hydroxylation is 2. The lowest BCUT2D eigenvalue weighted by molar-refractivity contribution is -0.145. The Morgan fingerprint density at radius 2 is 1.83 bits per heavy atom. The molecule has 1 aliphatic heterocycles. The zero-order chi connectivity index (χ0) is 21.7. The number of carbonyl (C=O) groups is 3. The molecular formula is C22H24ClN3O4. The second kappa shape index (κ2) is 9.63. The highest BCUT2D eigenvalue weighted by molar-refractivity contribution is 6.30. The summed E-state index contributed by atoms with van der Waals surface area (Å²) in [5.41, 5.74) is 2.71. The van der Waals surface area contributed by atoms with Crippen LogP contribution in [0.15, 0.2) is 42.5 Å². The molecule has 3 amide bonds. The Hall–Kier alpha value is -3.06. The van der Waals surface area contributed by atoms with E-state index in [1.807, 2.05) is 32.0 Å². The number of halogens is 1. The van der Waals surface area contributed by atoms with Gasteiger partial charge in [0.25, 0.3) is 5.91 Å². The van der Waals surface area contributed by atoms with Crippen LogP contribution in [0.5, 0.6) is 5.75 Å². The van der Waals surface area contributed by atoms with Crippen molar-refractivity contribution in [3.8, 4) is 5.75 Å². The molecule has 0 aliphatic carbocycles. The van der Waals surface area contributed by atoms with Crippen LogP contribution in [0.4, 0.5) is 5.69 Å². The van der Waals surface area contributed by atoms with Crippen LogP contribution in [0, 0.1) is 13.8 Å². The first-order valence-electron chi connectivity index (χ1n) is 9.65. The molecule has 30 heavy (non-hydrogen) atoms. The van der Waals surface area contributed by atoms with Crippen LogP contribution in [-0.4, -0.2) is 48.4 Å². The Bertz CT molecular complexity index is 926. The van der Waals surface area contributed by atoms with Crippen LogP contribution in [0.2, 0.25) is 5.02 Å². The van der Waals surface area contributed by atoms with Crippen LogP contribution >= 0.6 is 11.6 Å². The van der Waals surface area contributed by atoms with Crippen LogP contribution in [0.1, 0.15) is 17.5 Å². The van der Waals surface area contributed by atoms with E-state index in [9.17, 15) is 14.4 Å². The van der Waals surface area contributed by atoms with Gasteiger partial charge in [-0.15, -0.1) is 0 Å². The summed E-state index contributed by atoms with van der Waals surface area (Å²) in [6.07, 6.45) is -0.133. The minimum atomic E-state index is -0.883. The van der Waals surface area contributed by atoms with Crippen molar-refractivity contribution in [3.63, 3.8) is 0 Å². The number of piperazine rings is 1. The molecule has 2 N–H and O–H groups in total. The lowest BCUT2D eigenvalue weighted by Gasteiger charge is -2.34. The first-order valence-corrected chi connectivity index (χ1v) is 10.0. The fourth-order valence-electron chi connectivity index (χ4n) is 3.41. The van der Waals surface area contributed by atoms with Gasteiger partial charge in [0.2, 0.25) is 11.8 Å². The van der Waals surface area contributed by atoms with Crippen molar-refractivity contribution in [2.75, 3.05) is 25.0 Å². The molecule has 7 nitrogen and oxygen atoms in total. The largest absolute Gasteiger partial charge is 0.484 e. The summed E-state index contributed by atoms with van der Waals surface area (Å²) >= 11 is 5.84. The molecule has 0 unspecified atom stereocenters. The maximum absolute atomic E-state index is 12.7. The molecule has 0 aromatic heterocycles. The van der Waals surface area contributed by atoms with Gasteiger partial charge in [-0.05, 0) is 61.4 Å². The first-order chi connectivity index (χ1) is 14.3. The molecule has 2 aromatic carbocycles. The third-order valence-electron chi connectivity index (χ3n) is 4.71. The van der Waals surface area contributed by atoms with Gasteiger partial charge < -0.3 is 20.3 Å². The number of hydrogen-bond donors (Lipinski definition) is 2. The molecule has 1 aliphatic rings. The second-order valence-corrected chi connectivity index (χ2v) is 7.70. The molecule has 3 rings (SSSR count). The number of nitrogens with zero attached hydrogens (tertiary/aromatic N) is 1. The fraction of sp³-hybridized carbons (Fsp3) is 0.318. The molecule has 1 heterocycles. The van der Waals surface area contributed by atoms with Gasteiger partial charge >= 0.3 is 0 Å². The van der Waals surface area contributed by atoms with E-state index in [-0.39, 0.29) is 30.7 Å². The van der Waals surface area contributed by atoms with Crippen LogP contribution in [0.3, 0.4) is 0 Å². The Balaban J connectivity index is 1.63. The highest BCUT2D eigenvalue weighted by Crippen LogP contribution is 2.18. The van der Waals surface area contributed by atoms with Gasteiger partial charge in [0.15, 0.2) is 6.61 Å². The quantitative estimate of drug-likeness (QED) is 0.739. The van der Waals surface area contributed by atoms with Crippen molar-refractivity contribution < 1.29 is 19.1 Å². The predicted octanol–water partition coefficient (Wildman–Crippen LogP) is 2.69. The van der Waals surface area contributed by atoms with Gasteiger partial charge in [0.05, 0.1) is 6.42 Å². The second-order valence-electron chi connectivity index (χ2n) is 7.27. The van der Waals surface area contributed by atoms with Crippen molar-refractivity contribution in [1.29, 1.82) is 0 Å². The third-order valence-corrected chi connectivity index (χ3v) is 4.96. The monoisotopic (exact) mass is 429 g/mol. The van der Waals surface area contributed by atoms with E-state index < -0.39 is 6.04 Å². The summed E-state index contributed by atoms with van der Waals surface area (Å²) in [6.45, 7) is 4.30. The molecule has 2 aromatic rings. The zero-order valence-corrected chi connectivity index (χ0v) is 17.7. The molecule has 0 saturated carbocycles. The molecule has 0 radical (unpaired) electrons. The minimum absolute atomic E-state index is 0.133. The Kier molecular flexibility index (Phi) is 6.95. The lowest BCUT2D eigenvalue weighted by atomic mass is 10.1. The normalized spacial score (nSPS) is 16.0. The van der Waals surface area contributed by atoms with Gasteiger partial charge in [-0.25, -0.2) is 0 Å². The number of anilines is 1. The Morgan fingerprint density at radius 1 is 1.17 bits per heavy atom. The molecule has 1 atom stereocenters. The first kappa shape index (κ1) is 21.6. The van der Waals surface area contributed by atoms with Crippen LogP contribution < -0.4 is 15.4 Å². The summed E-state index contributed by atoms with van der Waals surface area (Å²) in [7, 11) is 0. The topological polar surface area (TPSA) is 87.7 Å². The van der Waals surface area contributed by atoms with E-state index in [1.165, 1.54) is 4.90 Å². The van der Waals surface area contributed by atoms with Gasteiger partial charge in [-0.3, -0.25) is 14.4 Å². The number of ether oxygens (including phenoxy) is 1. The SMILES string of the molecule is Cc1cc(C)cc(NC(=O)C[C@@H]2C(=O)NCCN2C(=O)COc2ccc(Cl)cc2)c1. The number of rotatable bonds is 6. The molecule has 8 heteroatoms. The number of benzene rings is 2. The molecular weight excluding hydrogens is 406 g/mol. The molecule has 1 fully saturated rings. The summed E-state index contributed by atoms with van der Waals surface area (Å²) < 4.78 is 5.50. The molecule has 0 bridgehead atoms. The van der Waals surface area contributed by atoms with E-state index in [0.717, 1.165) is 11.1 Å². The average Bonchev–Trinajstić information content (AvgIpc) is 2.68. The van der Waals surface area contributed by atoms with E-state index in [0.29, 0.717) is 29.5 Å². The third kappa shape index (κ3) is 5.73. The molecule has 0 spiro atoms. The number of nitrogens with one attached hydrogen (secondary N) is 2. The maximum Gasteiger partial charge on any atom is 0.261 e. The number of hydrogen-bond acceptors (Lipinski definition) is 4. The van der Waals surface area contributed by atoms with Crippen molar-refractivity contribution in [1.82, 2.24) is 10.2 Å². The van der Waals surface area contributed by atoms with E-state index in [1.54, 1.807) is 24.3 Å². The van der Waals surface area contributed by atoms with Gasteiger partial charge in [0, 0.05) is 23.8 Å². The molecule has 1 saturated heterocycles. The summed E-state index contributed by atoms with van der Waals surface area (Å²) in [5.74, 6) is -0.544. The summed E-state index contributed by atoms with van der Waals surface area (Å²) in [4.78, 5) is 39.0. The summed E-state index contributed by atoms with van der Waals surface area (Å²) in [6, 6.07) is 11.5. The van der Waals surface area contributed by atoms with E-state index >= 15 is 0 Å². The van der Waals surface area contributed by atoms with Crippen LogP contribution in [0.25, 0.3) is 0 Å². The molecule has 158 valence electrons. The average molecular weight is 430 g/mol. The van der Waals surface area contributed by atoms with Crippen molar-refractivity contribution >= 4 is 35.0 Å². The Morgan fingerprint density at radius 3 is 2.50 bits per heavy atom. The van der Waals surface area contributed by atoms with Crippen LogP contribution in [-0.2, 0) is 14.4 Å². The van der Waals surface area contributed by atoms with Gasteiger partial charge in [0.1, 0.15) is 11.8 Å². The Labute approximate surface area is 180 Å². The lowest BCUT2D eigenvalue weighted by Crippen LogP contribution is -2.58. The van der Waals surface area contributed by atoms with E-state index in [2.05, 4.69) is 10.6 Å². The smallest absolute Gasteiger partial charge is 0.261 e. The zero-order valence-electron chi connectivity index (χ0n) is 16.9. The van der Waals surface area contributed by atoms with Crippen molar-refractivity contribution in [3.05, 3.63) is 58.6 Å².